The predicted octanol–water partition coefficient (Wildman–Crippen LogP) is 2.91. The highest BCUT2D eigenvalue weighted by Gasteiger charge is 2.08. The van der Waals surface area contributed by atoms with Crippen LogP contribution in [0.5, 0.6) is 0 Å². The predicted molar refractivity (Wildman–Crippen MR) is 94.6 cm³/mol. The van der Waals surface area contributed by atoms with Gasteiger partial charge in [-0.3, -0.25) is 4.99 Å². The number of guanidine groups is 1. The fraction of sp³-hybridized carbons (Fsp3) is 0.750. The number of aromatic nitrogens is 1. The fourth-order valence-corrected chi connectivity index (χ4v) is 2.51. The lowest BCUT2D eigenvalue weighted by Crippen LogP contribution is -2.38. The van der Waals surface area contributed by atoms with Crippen LogP contribution < -0.4 is 5.32 Å². The summed E-state index contributed by atoms with van der Waals surface area (Å²) in [5.41, 5.74) is 1.09. The van der Waals surface area contributed by atoms with Crippen LogP contribution in [-0.2, 0) is 11.3 Å². The Labute approximate surface area is 138 Å². The summed E-state index contributed by atoms with van der Waals surface area (Å²) in [4.78, 5) is 11.2. The molecule has 1 N–H and O–H groups in total. The van der Waals surface area contributed by atoms with Gasteiger partial charge in [0.25, 0.3) is 0 Å². The molecule has 0 unspecified atom stereocenters. The highest BCUT2D eigenvalue weighted by atomic mass is 32.1. The second-order valence-corrected chi connectivity index (χ2v) is 6.81. The molecule has 0 aliphatic heterocycles. The molecule has 0 bridgehead atoms. The molecule has 1 aromatic heterocycles. The summed E-state index contributed by atoms with van der Waals surface area (Å²) in [5.74, 6) is 1.59. The van der Waals surface area contributed by atoms with Crippen LogP contribution in [0.1, 0.15) is 37.9 Å². The third kappa shape index (κ3) is 7.75. The monoisotopic (exact) mass is 326 g/mol. The zero-order valence-electron chi connectivity index (χ0n) is 14.6. The molecule has 1 aromatic rings. The molecule has 0 saturated carbocycles. The van der Waals surface area contributed by atoms with Crippen LogP contribution in [0, 0.1) is 12.8 Å². The lowest BCUT2D eigenvalue weighted by molar-refractivity contribution is 0.130. The van der Waals surface area contributed by atoms with Crippen LogP contribution in [-0.4, -0.2) is 49.2 Å². The first kappa shape index (κ1) is 18.9. The van der Waals surface area contributed by atoms with Gasteiger partial charge in [-0.2, -0.15) is 0 Å². The average Bonchev–Trinajstić information content (AvgIpc) is 2.86. The minimum atomic E-state index is 0.672. The summed E-state index contributed by atoms with van der Waals surface area (Å²) < 4.78 is 5.61. The molecule has 0 aliphatic rings. The normalized spacial score (nSPS) is 12.0. The molecule has 0 atom stereocenters. The standard InChI is InChI=1S/C16H30N4OS/c1-6-17-16(18-8-10-21-9-7-13(2)3)20(5)11-15-12-22-14(4)19-15/h12-13H,6-11H2,1-5H3,(H,17,18). The van der Waals surface area contributed by atoms with Crippen molar-refractivity contribution < 1.29 is 4.74 Å². The zero-order valence-corrected chi connectivity index (χ0v) is 15.4. The van der Waals surface area contributed by atoms with Crippen molar-refractivity contribution in [2.75, 3.05) is 33.4 Å². The van der Waals surface area contributed by atoms with Gasteiger partial charge in [0.15, 0.2) is 5.96 Å². The molecule has 1 heterocycles. The van der Waals surface area contributed by atoms with Gasteiger partial charge in [0.05, 0.1) is 30.4 Å². The molecule has 126 valence electrons. The molecule has 0 saturated heterocycles. The van der Waals surface area contributed by atoms with E-state index >= 15 is 0 Å². The van der Waals surface area contributed by atoms with Crippen molar-refractivity contribution in [1.82, 2.24) is 15.2 Å². The van der Waals surface area contributed by atoms with Crippen molar-refractivity contribution in [3.63, 3.8) is 0 Å². The molecule has 22 heavy (non-hydrogen) atoms. The molecule has 0 aliphatic carbocycles. The van der Waals surface area contributed by atoms with Crippen molar-refractivity contribution in [2.45, 2.75) is 40.7 Å². The lowest BCUT2D eigenvalue weighted by Gasteiger charge is -2.21. The highest BCUT2D eigenvalue weighted by molar-refractivity contribution is 7.09. The van der Waals surface area contributed by atoms with Crippen LogP contribution >= 0.6 is 11.3 Å². The van der Waals surface area contributed by atoms with Crippen molar-refractivity contribution in [1.29, 1.82) is 0 Å². The van der Waals surface area contributed by atoms with E-state index in [0.717, 1.165) is 42.8 Å². The lowest BCUT2D eigenvalue weighted by atomic mass is 10.1. The quantitative estimate of drug-likeness (QED) is 0.431. The fourth-order valence-electron chi connectivity index (χ4n) is 1.91. The SMILES string of the molecule is CCNC(=NCCOCCC(C)C)N(C)Cc1csc(C)n1. The molecule has 0 spiro atoms. The van der Waals surface area contributed by atoms with Crippen molar-refractivity contribution in [3.8, 4) is 0 Å². The van der Waals surface area contributed by atoms with Gasteiger partial charge in [-0.05, 0) is 26.2 Å². The molecular formula is C16H30N4OS. The smallest absolute Gasteiger partial charge is 0.194 e. The first-order valence-corrected chi connectivity index (χ1v) is 8.89. The Morgan fingerprint density at radius 1 is 1.45 bits per heavy atom. The molecular weight excluding hydrogens is 296 g/mol. The van der Waals surface area contributed by atoms with E-state index in [9.17, 15) is 0 Å². The molecule has 0 amide bonds. The van der Waals surface area contributed by atoms with Gasteiger partial charge in [0.1, 0.15) is 0 Å². The Morgan fingerprint density at radius 3 is 2.82 bits per heavy atom. The van der Waals surface area contributed by atoms with E-state index in [1.807, 2.05) is 14.0 Å². The number of nitrogens with one attached hydrogen (secondary N) is 1. The molecule has 1 rings (SSSR count). The van der Waals surface area contributed by atoms with Gasteiger partial charge in [-0.15, -0.1) is 11.3 Å². The summed E-state index contributed by atoms with van der Waals surface area (Å²) in [5, 5.41) is 6.52. The summed E-state index contributed by atoms with van der Waals surface area (Å²) in [7, 11) is 2.04. The Morgan fingerprint density at radius 2 is 2.23 bits per heavy atom. The molecule has 0 radical (unpaired) electrons. The van der Waals surface area contributed by atoms with Gasteiger partial charge < -0.3 is 15.0 Å². The van der Waals surface area contributed by atoms with Gasteiger partial charge >= 0.3 is 0 Å². The maximum atomic E-state index is 5.61. The maximum Gasteiger partial charge on any atom is 0.194 e. The number of hydrogen-bond donors (Lipinski definition) is 1. The zero-order chi connectivity index (χ0) is 16.4. The van der Waals surface area contributed by atoms with Crippen LogP contribution in [0.2, 0.25) is 0 Å². The molecule has 6 heteroatoms. The molecule has 0 fully saturated rings. The molecule has 5 nitrogen and oxygen atoms in total. The van der Waals surface area contributed by atoms with Crippen LogP contribution in [0.3, 0.4) is 0 Å². The number of thiazole rings is 1. The van der Waals surface area contributed by atoms with Crippen LogP contribution in [0.25, 0.3) is 0 Å². The van der Waals surface area contributed by atoms with Gasteiger partial charge in [-0.25, -0.2) is 4.98 Å². The maximum absolute atomic E-state index is 5.61. The van der Waals surface area contributed by atoms with E-state index in [1.54, 1.807) is 11.3 Å². The summed E-state index contributed by atoms with van der Waals surface area (Å²) >= 11 is 1.68. The second kappa shape index (κ2) is 10.6. The summed E-state index contributed by atoms with van der Waals surface area (Å²) in [6.45, 7) is 12.3. The van der Waals surface area contributed by atoms with Crippen molar-refractivity contribution >= 4 is 17.3 Å². The summed E-state index contributed by atoms with van der Waals surface area (Å²) in [6.07, 6.45) is 1.10. The third-order valence-corrected chi connectivity index (χ3v) is 3.92. The highest BCUT2D eigenvalue weighted by Crippen LogP contribution is 2.09. The Bertz CT molecular complexity index is 445. The average molecular weight is 327 g/mol. The van der Waals surface area contributed by atoms with Crippen molar-refractivity contribution in [3.05, 3.63) is 16.1 Å². The summed E-state index contributed by atoms with van der Waals surface area (Å²) in [6, 6.07) is 0. The number of nitrogens with zero attached hydrogens (tertiary/aromatic N) is 3. The second-order valence-electron chi connectivity index (χ2n) is 5.74. The van der Waals surface area contributed by atoms with Gasteiger partial charge in [0.2, 0.25) is 0 Å². The minimum Gasteiger partial charge on any atom is -0.380 e. The minimum absolute atomic E-state index is 0.672. The van der Waals surface area contributed by atoms with Gasteiger partial charge in [-0.1, -0.05) is 13.8 Å². The van der Waals surface area contributed by atoms with Gasteiger partial charge in [0, 0.05) is 25.6 Å². The number of rotatable bonds is 9. The van der Waals surface area contributed by atoms with E-state index in [1.165, 1.54) is 0 Å². The number of aryl methyl sites for hydroxylation is 1. The van der Waals surface area contributed by atoms with E-state index in [0.29, 0.717) is 19.1 Å². The van der Waals surface area contributed by atoms with E-state index < -0.39 is 0 Å². The van der Waals surface area contributed by atoms with E-state index in [-0.39, 0.29) is 0 Å². The number of hydrogen-bond acceptors (Lipinski definition) is 4. The topological polar surface area (TPSA) is 49.8 Å². The Balaban J connectivity index is 2.40. The Kier molecular flexibility index (Phi) is 9.08. The third-order valence-electron chi connectivity index (χ3n) is 3.10. The van der Waals surface area contributed by atoms with Crippen LogP contribution in [0.15, 0.2) is 10.4 Å². The number of ether oxygens (including phenoxy) is 1. The van der Waals surface area contributed by atoms with Crippen molar-refractivity contribution in [2.24, 2.45) is 10.9 Å². The van der Waals surface area contributed by atoms with E-state index in [2.05, 4.69) is 46.3 Å². The molecule has 0 aromatic carbocycles. The van der Waals surface area contributed by atoms with Crippen LogP contribution in [0.4, 0.5) is 0 Å². The number of aliphatic imine (C=N–C) groups is 1. The first-order valence-electron chi connectivity index (χ1n) is 8.01. The van der Waals surface area contributed by atoms with E-state index in [4.69, 9.17) is 4.74 Å². The largest absolute Gasteiger partial charge is 0.380 e. The first-order chi connectivity index (χ1) is 10.5. The Hall–Kier alpha value is -1.14.